The van der Waals surface area contributed by atoms with Crippen LogP contribution in [0.3, 0.4) is 0 Å². The zero-order valence-electron chi connectivity index (χ0n) is 14.6. The third-order valence-corrected chi connectivity index (χ3v) is 4.76. The SMILES string of the molecule is CN1CCN(CCc2ccc(NCc3cc(F)ccc3F)cc2)CC1. The first kappa shape index (κ1) is 17.8. The van der Waals surface area contributed by atoms with Crippen LogP contribution in [0.4, 0.5) is 14.5 Å². The number of benzene rings is 2. The summed E-state index contributed by atoms with van der Waals surface area (Å²) in [4.78, 5) is 4.86. The largest absolute Gasteiger partial charge is 0.381 e. The van der Waals surface area contributed by atoms with Crippen LogP contribution in [0, 0.1) is 11.6 Å². The standard InChI is InChI=1S/C20H25F2N3/c1-24-10-12-25(13-11-24)9-8-16-2-5-19(6-3-16)23-15-17-14-18(21)4-7-20(17)22/h2-7,14,23H,8-13,15H2,1H3. The summed E-state index contributed by atoms with van der Waals surface area (Å²) in [6.07, 6.45) is 1.03. The fraction of sp³-hybridized carbons (Fsp3) is 0.400. The lowest BCUT2D eigenvalue weighted by molar-refractivity contribution is 0.155. The molecule has 1 aliphatic heterocycles. The highest BCUT2D eigenvalue weighted by Crippen LogP contribution is 2.15. The third-order valence-electron chi connectivity index (χ3n) is 4.76. The summed E-state index contributed by atoms with van der Waals surface area (Å²) in [6.45, 7) is 5.89. The van der Waals surface area contributed by atoms with Gasteiger partial charge in [-0.2, -0.15) is 0 Å². The summed E-state index contributed by atoms with van der Waals surface area (Å²) < 4.78 is 26.8. The van der Waals surface area contributed by atoms with Gasteiger partial charge in [0.2, 0.25) is 0 Å². The second-order valence-corrected chi connectivity index (χ2v) is 6.68. The topological polar surface area (TPSA) is 18.5 Å². The second-order valence-electron chi connectivity index (χ2n) is 6.68. The quantitative estimate of drug-likeness (QED) is 0.866. The number of hydrogen-bond acceptors (Lipinski definition) is 3. The summed E-state index contributed by atoms with van der Waals surface area (Å²) >= 11 is 0. The fourth-order valence-electron chi connectivity index (χ4n) is 3.02. The van der Waals surface area contributed by atoms with Gasteiger partial charge in [0.05, 0.1) is 0 Å². The van der Waals surface area contributed by atoms with Gasteiger partial charge in [0.15, 0.2) is 0 Å². The predicted molar refractivity (Wildman–Crippen MR) is 97.8 cm³/mol. The van der Waals surface area contributed by atoms with Crippen molar-refractivity contribution in [3.63, 3.8) is 0 Å². The number of halogens is 2. The van der Waals surface area contributed by atoms with Crippen LogP contribution in [-0.4, -0.2) is 49.6 Å². The van der Waals surface area contributed by atoms with Crippen molar-refractivity contribution < 1.29 is 8.78 Å². The molecule has 1 saturated heterocycles. The number of anilines is 1. The van der Waals surface area contributed by atoms with Crippen LogP contribution >= 0.6 is 0 Å². The number of rotatable bonds is 6. The van der Waals surface area contributed by atoms with Crippen LogP contribution in [-0.2, 0) is 13.0 Å². The molecule has 0 radical (unpaired) electrons. The summed E-state index contributed by atoms with van der Waals surface area (Å²) in [5.74, 6) is -0.810. The molecule has 0 spiro atoms. The zero-order valence-corrected chi connectivity index (χ0v) is 14.6. The Hall–Kier alpha value is -1.98. The number of nitrogens with zero attached hydrogens (tertiary/aromatic N) is 2. The van der Waals surface area contributed by atoms with Gasteiger partial charge in [-0.15, -0.1) is 0 Å². The summed E-state index contributed by atoms with van der Waals surface area (Å²) in [5.41, 5.74) is 2.53. The van der Waals surface area contributed by atoms with Gasteiger partial charge in [0.1, 0.15) is 11.6 Å². The van der Waals surface area contributed by atoms with E-state index < -0.39 is 11.6 Å². The summed E-state index contributed by atoms with van der Waals surface area (Å²) in [7, 11) is 2.17. The Morgan fingerprint density at radius 2 is 1.68 bits per heavy atom. The molecule has 2 aromatic rings. The first-order valence-electron chi connectivity index (χ1n) is 8.78. The molecule has 0 atom stereocenters. The van der Waals surface area contributed by atoms with Crippen molar-refractivity contribution in [2.75, 3.05) is 45.1 Å². The van der Waals surface area contributed by atoms with Gasteiger partial charge in [0, 0.05) is 50.5 Å². The lowest BCUT2D eigenvalue weighted by atomic mass is 10.1. The Kier molecular flexibility index (Phi) is 6.00. The average Bonchev–Trinajstić information content (AvgIpc) is 2.63. The van der Waals surface area contributed by atoms with Crippen LogP contribution in [0.15, 0.2) is 42.5 Å². The van der Waals surface area contributed by atoms with Gasteiger partial charge < -0.3 is 15.1 Å². The molecule has 0 unspecified atom stereocenters. The number of piperazine rings is 1. The molecular weight excluding hydrogens is 320 g/mol. The maximum Gasteiger partial charge on any atom is 0.128 e. The first-order valence-corrected chi connectivity index (χ1v) is 8.78. The molecular formula is C20H25F2N3. The molecule has 1 N–H and O–H groups in total. The minimum absolute atomic E-state index is 0.268. The third kappa shape index (κ3) is 5.25. The molecule has 0 aromatic heterocycles. The highest BCUT2D eigenvalue weighted by atomic mass is 19.1. The molecule has 25 heavy (non-hydrogen) atoms. The minimum Gasteiger partial charge on any atom is -0.381 e. The lowest BCUT2D eigenvalue weighted by Gasteiger charge is -2.32. The maximum absolute atomic E-state index is 13.6. The van der Waals surface area contributed by atoms with Gasteiger partial charge in [0.25, 0.3) is 0 Å². The Bertz CT molecular complexity index is 680. The first-order chi connectivity index (χ1) is 12.1. The normalized spacial score (nSPS) is 16.1. The fourth-order valence-corrected chi connectivity index (χ4v) is 3.02. The molecule has 3 rings (SSSR count). The van der Waals surface area contributed by atoms with E-state index in [0.717, 1.165) is 57.0 Å². The van der Waals surface area contributed by atoms with E-state index in [0.29, 0.717) is 5.56 Å². The van der Waals surface area contributed by atoms with Crippen LogP contribution in [0.5, 0.6) is 0 Å². The number of nitrogens with one attached hydrogen (secondary N) is 1. The Balaban J connectivity index is 1.48. The van der Waals surface area contributed by atoms with Crippen LogP contribution in [0.25, 0.3) is 0 Å². The minimum atomic E-state index is -0.419. The maximum atomic E-state index is 13.6. The van der Waals surface area contributed by atoms with Crippen molar-refractivity contribution in [2.24, 2.45) is 0 Å². The zero-order chi connectivity index (χ0) is 17.6. The molecule has 134 valence electrons. The van der Waals surface area contributed by atoms with Crippen molar-refractivity contribution >= 4 is 5.69 Å². The van der Waals surface area contributed by atoms with Crippen molar-refractivity contribution in [3.05, 3.63) is 65.2 Å². The highest BCUT2D eigenvalue weighted by molar-refractivity contribution is 5.45. The molecule has 1 heterocycles. The van der Waals surface area contributed by atoms with Gasteiger partial charge in [-0.1, -0.05) is 12.1 Å². The molecule has 0 amide bonds. The van der Waals surface area contributed by atoms with E-state index in [1.807, 2.05) is 12.1 Å². The van der Waals surface area contributed by atoms with Gasteiger partial charge in [-0.3, -0.25) is 0 Å². The molecule has 0 aliphatic carbocycles. The predicted octanol–water partition coefficient (Wildman–Crippen LogP) is 3.37. The van der Waals surface area contributed by atoms with E-state index in [-0.39, 0.29) is 6.54 Å². The summed E-state index contributed by atoms with van der Waals surface area (Å²) in [6, 6.07) is 11.7. The van der Waals surface area contributed by atoms with E-state index in [4.69, 9.17) is 0 Å². The molecule has 1 fully saturated rings. The van der Waals surface area contributed by atoms with Crippen molar-refractivity contribution in [1.82, 2.24) is 9.80 Å². The van der Waals surface area contributed by atoms with Gasteiger partial charge in [-0.05, 0) is 49.4 Å². The number of hydrogen-bond donors (Lipinski definition) is 1. The molecule has 0 bridgehead atoms. The van der Waals surface area contributed by atoms with Crippen LogP contribution in [0.2, 0.25) is 0 Å². The van der Waals surface area contributed by atoms with E-state index >= 15 is 0 Å². The van der Waals surface area contributed by atoms with Gasteiger partial charge >= 0.3 is 0 Å². The monoisotopic (exact) mass is 345 g/mol. The molecule has 0 saturated carbocycles. The molecule has 5 heteroatoms. The Morgan fingerprint density at radius 3 is 2.40 bits per heavy atom. The lowest BCUT2D eigenvalue weighted by Crippen LogP contribution is -2.45. The number of likely N-dealkylation sites (N-methyl/N-ethyl adjacent to an activating group) is 1. The smallest absolute Gasteiger partial charge is 0.128 e. The molecule has 1 aliphatic rings. The van der Waals surface area contributed by atoms with E-state index in [1.165, 1.54) is 11.6 Å². The van der Waals surface area contributed by atoms with Crippen molar-refractivity contribution in [1.29, 1.82) is 0 Å². The average molecular weight is 345 g/mol. The molecule has 2 aromatic carbocycles. The Morgan fingerprint density at radius 1 is 0.960 bits per heavy atom. The van der Waals surface area contributed by atoms with E-state index in [2.05, 4.69) is 34.3 Å². The highest BCUT2D eigenvalue weighted by Gasteiger charge is 2.13. The molecule has 3 nitrogen and oxygen atoms in total. The van der Waals surface area contributed by atoms with Crippen molar-refractivity contribution in [3.8, 4) is 0 Å². The van der Waals surface area contributed by atoms with E-state index in [9.17, 15) is 8.78 Å². The van der Waals surface area contributed by atoms with E-state index in [1.54, 1.807) is 0 Å². The van der Waals surface area contributed by atoms with Crippen LogP contribution < -0.4 is 5.32 Å². The van der Waals surface area contributed by atoms with Crippen molar-refractivity contribution in [2.45, 2.75) is 13.0 Å². The Labute approximate surface area is 148 Å². The van der Waals surface area contributed by atoms with Gasteiger partial charge in [-0.25, -0.2) is 8.78 Å². The van der Waals surface area contributed by atoms with Crippen LogP contribution in [0.1, 0.15) is 11.1 Å². The second kappa shape index (κ2) is 8.41. The summed E-state index contributed by atoms with van der Waals surface area (Å²) in [5, 5.41) is 3.14.